The minimum atomic E-state index is -2.25. The van der Waals surface area contributed by atoms with E-state index in [-0.39, 0.29) is 50.6 Å². The number of nitrogens with two attached hydrogens (primary N) is 1. The average Bonchev–Trinajstić information content (AvgIpc) is 0.855. The van der Waals surface area contributed by atoms with E-state index >= 15 is 14.4 Å². The van der Waals surface area contributed by atoms with Gasteiger partial charge in [0, 0.05) is 29.2 Å². The molecule has 6 aliphatic rings. The number of aliphatic carboxylic acids is 1. The van der Waals surface area contributed by atoms with Gasteiger partial charge in [-0.15, -0.1) is 0 Å². The first-order chi connectivity index (χ1) is 42.6. The Labute approximate surface area is 520 Å². The quantitative estimate of drug-likeness (QED) is 0.0873. The number of aromatic hydroxyl groups is 3. The first-order valence-electron chi connectivity index (χ1n) is 27.8. The van der Waals surface area contributed by atoms with E-state index in [0.717, 1.165) is 60.7 Å². The molecule has 0 aliphatic carbocycles. The van der Waals surface area contributed by atoms with Gasteiger partial charge in [0.1, 0.15) is 83.4 Å². The van der Waals surface area contributed by atoms with E-state index in [2.05, 4.69) is 37.2 Å². The van der Waals surface area contributed by atoms with E-state index < -0.39 is 203 Å². The van der Waals surface area contributed by atoms with Crippen LogP contribution in [0.1, 0.15) is 91.3 Å². The van der Waals surface area contributed by atoms with Gasteiger partial charge in [-0.05, 0) is 96.2 Å². The van der Waals surface area contributed by atoms with E-state index in [1.165, 1.54) is 25.2 Å². The van der Waals surface area contributed by atoms with E-state index in [1.807, 2.05) is 13.8 Å². The molecule has 5 aromatic carbocycles. The minimum Gasteiger partial charge on any atom is -0.508 e. The van der Waals surface area contributed by atoms with Gasteiger partial charge in [0.15, 0.2) is 17.5 Å². The number of ether oxygens (including phenoxy) is 4. The number of phenolic OH excluding ortho intramolecular Hbond substituents is 3. The lowest BCUT2D eigenvalue weighted by Crippen LogP contribution is -2.59. The molecule has 6 aliphatic heterocycles. The summed E-state index contributed by atoms with van der Waals surface area (Å²) in [6.45, 7) is 2.83. The summed E-state index contributed by atoms with van der Waals surface area (Å²) in [7, 11) is 1.48. The Hall–Kier alpha value is -9.04. The molecule has 5 aromatic rings. The smallest absolute Gasteiger partial charge is 0.330 e. The Kier molecular flexibility index (Phi) is 19.6. The van der Waals surface area contributed by atoms with Crippen molar-refractivity contribution >= 4 is 70.5 Å². The number of primary amides is 1. The molecule has 31 heteroatoms. The third-order valence-electron chi connectivity index (χ3n) is 15.3. The maximum Gasteiger partial charge on any atom is 0.330 e. The lowest BCUT2D eigenvalue weighted by atomic mass is 9.89. The number of phenols is 3. The van der Waals surface area contributed by atoms with Crippen molar-refractivity contribution in [2.45, 2.75) is 112 Å². The number of carboxylic acid groups (broad SMARTS) is 1. The van der Waals surface area contributed by atoms with Crippen LogP contribution in [0.15, 0.2) is 78.9 Å². The fourth-order valence-corrected chi connectivity index (χ4v) is 11.2. The van der Waals surface area contributed by atoms with Crippen LogP contribution in [0.3, 0.4) is 0 Å². The van der Waals surface area contributed by atoms with Crippen molar-refractivity contribution in [2.24, 2.45) is 11.7 Å². The summed E-state index contributed by atoms with van der Waals surface area (Å²) in [6, 6.07) is 0.0708. The first-order valence-corrected chi connectivity index (χ1v) is 28.6. The number of hydrogen-bond acceptors (Lipinski definition) is 21. The number of benzene rings is 5. The molecule has 478 valence electrons. The molecular weight excluding hydrogens is 1230 g/mol. The second-order valence-electron chi connectivity index (χ2n) is 22.1. The zero-order chi connectivity index (χ0) is 65.3. The normalized spacial score (nSPS) is 25.6. The predicted octanol–water partition coefficient (Wildman–Crippen LogP) is 0.898. The number of likely N-dealkylation sites (N-methyl/N-ethyl adjacent to an activating group) is 1. The molecule has 0 unspecified atom stereocenters. The number of aliphatic hydroxyl groups excluding tert-OH is 5. The molecule has 18 N–H and O–H groups in total. The maximum absolute atomic E-state index is 15.7. The number of carbonyl (C=O) groups is 8. The summed E-state index contributed by atoms with van der Waals surface area (Å²) in [5.41, 5.74) is 3.11. The molecule has 29 nitrogen and oxygen atoms in total. The van der Waals surface area contributed by atoms with Gasteiger partial charge in [0.2, 0.25) is 53.4 Å². The lowest BCUT2D eigenvalue weighted by molar-refractivity contribution is -0.230. The van der Waals surface area contributed by atoms with Gasteiger partial charge in [-0.25, -0.2) is 4.79 Å². The van der Waals surface area contributed by atoms with Crippen LogP contribution in [0.5, 0.6) is 46.0 Å². The summed E-state index contributed by atoms with van der Waals surface area (Å²) in [4.78, 5) is 115. The fourth-order valence-electron chi connectivity index (χ4n) is 10.7. The summed E-state index contributed by atoms with van der Waals surface area (Å²) in [5.74, 6) is -15.1. The minimum absolute atomic E-state index is 0.0687. The third-order valence-corrected chi connectivity index (χ3v) is 15.9. The van der Waals surface area contributed by atoms with Crippen LogP contribution in [0.25, 0.3) is 11.1 Å². The van der Waals surface area contributed by atoms with Gasteiger partial charge in [-0.1, -0.05) is 55.2 Å². The molecule has 0 aromatic heterocycles. The van der Waals surface area contributed by atoms with Crippen molar-refractivity contribution in [3.8, 4) is 57.1 Å². The number of hydrogen-bond donors (Lipinski definition) is 17. The van der Waals surface area contributed by atoms with Gasteiger partial charge in [0.05, 0.1) is 35.2 Å². The highest BCUT2D eigenvalue weighted by molar-refractivity contribution is 6.32. The number of nitrogens with one attached hydrogen (secondary N) is 7. The molecule has 7 amide bonds. The van der Waals surface area contributed by atoms with Crippen molar-refractivity contribution in [2.75, 3.05) is 13.7 Å². The molecule has 1 fully saturated rings. The molecule has 11 bridgehead atoms. The second kappa shape index (κ2) is 27.0. The van der Waals surface area contributed by atoms with Gasteiger partial charge >= 0.3 is 5.97 Å². The second-order valence-corrected chi connectivity index (χ2v) is 22.9. The number of halogens is 2. The third kappa shape index (κ3) is 13.9. The summed E-state index contributed by atoms with van der Waals surface area (Å²) >= 11 is 13.9. The van der Waals surface area contributed by atoms with Crippen LogP contribution < -0.4 is 57.2 Å². The maximum atomic E-state index is 15.7. The van der Waals surface area contributed by atoms with Crippen molar-refractivity contribution in [1.29, 1.82) is 0 Å². The molecule has 13 atom stereocenters. The van der Waals surface area contributed by atoms with E-state index in [0.29, 0.717) is 0 Å². The molecule has 11 rings (SSSR count). The van der Waals surface area contributed by atoms with Crippen LogP contribution >= 0.6 is 23.2 Å². The Morgan fingerprint density at radius 1 is 0.700 bits per heavy atom. The highest BCUT2D eigenvalue weighted by atomic mass is 35.5. The van der Waals surface area contributed by atoms with Crippen molar-refractivity contribution in [3.05, 3.63) is 117 Å². The molecule has 6 heterocycles. The number of fused-ring (bicyclic) bond motifs is 15. The lowest BCUT2D eigenvalue weighted by Gasteiger charge is -2.36. The van der Waals surface area contributed by atoms with E-state index in [4.69, 9.17) is 47.9 Å². The van der Waals surface area contributed by atoms with Crippen LogP contribution in [0.4, 0.5) is 0 Å². The Morgan fingerprint density at radius 2 is 1.30 bits per heavy atom. The highest BCUT2D eigenvalue weighted by Crippen LogP contribution is 2.49. The number of rotatable bonds is 11. The average molecular weight is 1290 g/mol. The van der Waals surface area contributed by atoms with Crippen molar-refractivity contribution in [3.63, 3.8) is 0 Å². The largest absolute Gasteiger partial charge is 0.508 e. The Bertz CT molecular complexity index is 3690. The van der Waals surface area contributed by atoms with Gasteiger partial charge in [-0.2, -0.15) is 0 Å². The number of aliphatic hydroxyl groups is 5. The Balaban J connectivity index is 1.31. The number of carboxylic acids is 1. The van der Waals surface area contributed by atoms with Crippen LogP contribution in [0.2, 0.25) is 10.0 Å². The van der Waals surface area contributed by atoms with Crippen LogP contribution in [0, 0.1) is 5.92 Å². The molecule has 1 saturated heterocycles. The zero-order valence-electron chi connectivity index (χ0n) is 47.7. The fraction of sp³-hybridized carbons (Fsp3) is 0.356. The first kappa shape index (κ1) is 65.4. The van der Waals surface area contributed by atoms with Crippen LogP contribution in [-0.4, -0.2) is 156 Å². The van der Waals surface area contributed by atoms with E-state index in [1.54, 1.807) is 0 Å². The SMILES string of the molecule is CN[C@H](CC(C)C)C(=O)N[C@H]1C(=O)N[C@@H](CC(N)=O)C(=O)N[C@H]2C(=O)N[C@H]3C(=O)N[C@H](C(=O)N[C@H](C(=O)O)c4cc(O)cc(O)c4-c4cc3ccc4O)[C@H](O)c3ccc(c(Cl)c3)Oc3cc2cc(c3O[C@H]2C[C@@H](O)[C@H](O)[C@@H](CO)O2)Oc2ccc(cc2Cl)[C@H]1O. The molecule has 0 radical (unpaired) electrons. The standard InChI is InChI=1S/C59H62Cl2N8O21/c1-21(2)10-31(63-3)53(79)68-47-49(76)23-5-8-36(29(60)12-23)87-38-14-25-15-39(52(38)90-42-19-35(74)51(78)40(20-70)89-42)88-37-9-6-24(13-30(37)61)50(77)48-58(84)67-46(59(85)86)28-16-26(71)17-34(73)43(28)27-11-22(4-7-33(27)72)44(55(81)69-48)66-56(82)45(25)65-54(80)32(18-41(62)75)64-57(47)83/h4-9,11-17,21,31-32,35,40,42,44-51,63,70-74,76-78H,10,18-20H2,1-3H3,(H2,62,75)(H,64,83)(H,65,80)(H,66,82)(H,67,84)(H,68,79)(H,69,81)(H,85,86)/t31-,32+,35-,40-,42+,44-,45-,46+,47-,48+,49-,50-,51+/m1/s1. The van der Waals surface area contributed by atoms with Crippen molar-refractivity contribution < 1.29 is 103 Å². The molecule has 0 spiro atoms. The number of amides is 7. The van der Waals surface area contributed by atoms with Gasteiger partial charge in [0.25, 0.3) is 0 Å². The van der Waals surface area contributed by atoms with Gasteiger partial charge < -0.3 is 108 Å². The molecule has 0 saturated carbocycles. The van der Waals surface area contributed by atoms with Crippen LogP contribution in [-0.2, 0) is 43.1 Å². The number of carbonyl (C=O) groups excluding carboxylic acids is 7. The Morgan fingerprint density at radius 3 is 1.89 bits per heavy atom. The summed E-state index contributed by atoms with van der Waals surface area (Å²) in [5, 5.41) is 117. The van der Waals surface area contributed by atoms with E-state index in [9.17, 15) is 69.9 Å². The molecular formula is C59H62Cl2N8O21. The zero-order valence-corrected chi connectivity index (χ0v) is 49.2. The monoisotopic (exact) mass is 1290 g/mol. The van der Waals surface area contributed by atoms with Crippen molar-refractivity contribution in [1.82, 2.24) is 37.2 Å². The molecule has 90 heavy (non-hydrogen) atoms. The topological polar surface area (TPSA) is 466 Å². The predicted molar refractivity (Wildman–Crippen MR) is 311 cm³/mol. The summed E-state index contributed by atoms with van der Waals surface area (Å²) < 4.78 is 25.2. The van der Waals surface area contributed by atoms with Gasteiger partial charge in [-0.3, -0.25) is 33.6 Å². The summed E-state index contributed by atoms with van der Waals surface area (Å²) in [6.07, 6.45) is -11.7. The highest BCUT2D eigenvalue weighted by Gasteiger charge is 2.43.